The fourth-order valence-electron chi connectivity index (χ4n) is 3.08. The van der Waals surface area contributed by atoms with E-state index < -0.39 is 23.8 Å². The van der Waals surface area contributed by atoms with Crippen LogP contribution in [0.4, 0.5) is 13.2 Å². The number of fused-ring (bicyclic) bond motifs is 1. The third-order valence-electron chi connectivity index (χ3n) is 4.51. The van der Waals surface area contributed by atoms with Crippen LogP contribution >= 0.6 is 0 Å². The topological polar surface area (TPSA) is 66.0 Å². The summed E-state index contributed by atoms with van der Waals surface area (Å²) < 4.78 is 51.1. The van der Waals surface area contributed by atoms with Crippen molar-refractivity contribution >= 4 is 22.8 Å². The van der Waals surface area contributed by atoms with Gasteiger partial charge in [0.15, 0.2) is 11.3 Å². The zero-order valence-electron chi connectivity index (χ0n) is 16.2. The third-order valence-corrected chi connectivity index (χ3v) is 4.51. The third kappa shape index (κ3) is 3.85. The van der Waals surface area contributed by atoms with Gasteiger partial charge in [-0.1, -0.05) is 17.3 Å². The van der Waals surface area contributed by atoms with Gasteiger partial charge >= 0.3 is 12.1 Å². The van der Waals surface area contributed by atoms with Gasteiger partial charge in [0.05, 0.1) is 24.3 Å². The number of carbonyl (C=O) groups is 1. The number of hydrogen-bond acceptors (Lipinski definition) is 5. The van der Waals surface area contributed by atoms with Crippen LogP contribution in [0.25, 0.3) is 11.1 Å². The first-order valence-corrected chi connectivity index (χ1v) is 8.66. The molecule has 0 N–H and O–H groups in total. The predicted octanol–water partition coefficient (Wildman–Crippen LogP) is 4.69. The van der Waals surface area contributed by atoms with E-state index in [1.54, 1.807) is 19.1 Å². The fourth-order valence-corrected chi connectivity index (χ4v) is 3.08. The molecule has 0 bridgehead atoms. The Morgan fingerprint density at radius 2 is 1.93 bits per heavy atom. The standard InChI is InChI=1S/C20H19F3N2O4/c1-11-8-15(17(24-28-4)19(26)27-3)18-16(9-11)25(29-18)12(2)13-6-5-7-14(10-13)20(21,22)23/h5-10,12H,1-4H3. The highest BCUT2D eigenvalue weighted by Gasteiger charge is 2.31. The lowest BCUT2D eigenvalue weighted by Crippen LogP contribution is -2.21. The van der Waals surface area contributed by atoms with Gasteiger partial charge in [0.25, 0.3) is 0 Å². The molecule has 2 aromatic carbocycles. The zero-order chi connectivity index (χ0) is 21.3. The number of aromatic nitrogens is 1. The van der Waals surface area contributed by atoms with Crippen LogP contribution in [0.15, 0.2) is 46.1 Å². The highest BCUT2D eigenvalue weighted by atomic mass is 19.4. The zero-order valence-corrected chi connectivity index (χ0v) is 16.2. The number of ether oxygens (including phenoxy) is 1. The number of carbonyl (C=O) groups excluding carboxylic acids is 1. The van der Waals surface area contributed by atoms with Crippen LogP contribution in [-0.2, 0) is 20.5 Å². The van der Waals surface area contributed by atoms with E-state index >= 15 is 0 Å². The van der Waals surface area contributed by atoms with Crippen LogP contribution in [0.5, 0.6) is 0 Å². The summed E-state index contributed by atoms with van der Waals surface area (Å²) >= 11 is 0. The second-order valence-electron chi connectivity index (χ2n) is 6.49. The lowest BCUT2D eigenvalue weighted by molar-refractivity contribution is -0.137. The molecule has 1 unspecified atom stereocenters. The largest absolute Gasteiger partial charge is 0.464 e. The smallest absolute Gasteiger partial charge is 0.416 e. The van der Waals surface area contributed by atoms with E-state index in [1.807, 2.05) is 13.0 Å². The summed E-state index contributed by atoms with van der Waals surface area (Å²) in [5.41, 5.74) is 1.81. The Balaban J connectivity index is 2.07. The Bertz CT molecular complexity index is 1080. The molecule has 3 aromatic rings. The van der Waals surface area contributed by atoms with Gasteiger partial charge in [-0.2, -0.15) is 17.9 Å². The number of aryl methyl sites for hydroxylation is 1. The van der Waals surface area contributed by atoms with Gasteiger partial charge in [0.2, 0.25) is 0 Å². The van der Waals surface area contributed by atoms with Crippen molar-refractivity contribution < 1.29 is 32.1 Å². The van der Waals surface area contributed by atoms with Gasteiger partial charge < -0.3 is 14.1 Å². The van der Waals surface area contributed by atoms with Crippen molar-refractivity contribution in [2.45, 2.75) is 26.1 Å². The molecule has 0 aliphatic rings. The van der Waals surface area contributed by atoms with Crippen molar-refractivity contribution in [3.05, 3.63) is 58.7 Å². The molecule has 0 amide bonds. The molecular weight excluding hydrogens is 389 g/mol. The Morgan fingerprint density at radius 3 is 2.55 bits per heavy atom. The van der Waals surface area contributed by atoms with Crippen molar-refractivity contribution in [2.75, 3.05) is 14.2 Å². The van der Waals surface area contributed by atoms with Crippen molar-refractivity contribution in [3.8, 4) is 0 Å². The second-order valence-corrected chi connectivity index (χ2v) is 6.49. The first-order chi connectivity index (χ1) is 13.7. The molecule has 0 aliphatic carbocycles. The number of methoxy groups -OCH3 is 1. The number of oxime groups is 1. The van der Waals surface area contributed by atoms with E-state index in [0.717, 1.165) is 17.7 Å². The van der Waals surface area contributed by atoms with Gasteiger partial charge in [0, 0.05) is 0 Å². The first-order valence-electron chi connectivity index (χ1n) is 8.66. The van der Waals surface area contributed by atoms with Crippen molar-refractivity contribution in [1.82, 2.24) is 4.74 Å². The van der Waals surface area contributed by atoms with Crippen molar-refractivity contribution in [3.63, 3.8) is 0 Å². The van der Waals surface area contributed by atoms with Crippen LogP contribution in [-0.4, -0.2) is 30.6 Å². The molecule has 6 nitrogen and oxygen atoms in total. The molecule has 0 radical (unpaired) electrons. The van der Waals surface area contributed by atoms with E-state index in [2.05, 4.69) is 5.16 Å². The average Bonchev–Trinajstić information content (AvgIpc) is 2.67. The molecule has 1 atom stereocenters. The van der Waals surface area contributed by atoms with E-state index in [9.17, 15) is 18.0 Å². The Hall–Kier alpha value is -3.23. The van der Waals surface area contributed by atoms with Gasteiger partial charge in [-0.25, -0.2) is 4.79 Å². The molecule has 0 saturated carbocycles. The Labute approximate surface area is 164 Å². The molecular formula is C20H19F3N2O4. The maximum Gasteiger partial charge on any atom is 0.416 e. The molecule has 1 heterocycles. The number of rotatable bonds is 5. The summed E-state index contributed by atoms with van der Waals surface area (Å²) in [7, 11) is 2.52. The molecule has 1 aromatic heterocycles. The monoisotopic (exact) mass is 408 g/mol. The van der Waals surface area contributed by atoms with Gasteiger partial charge in [-0.15, -0.1) is 0 Å². The maximum absolute atomic E-state index is 13.0. The summed E-state index contributed by atoms with van der Waals surface area (Å²) in [5.74, 6) is -0.701. The molecule has 154 valence electrons. The molecule has 0 spiro atoms. The van der Waals surface area contributed by atoms with Gasteiger partial charge in [-0.3, -0.25) is 0 Å². The molecule has 29 heavy (non-hydrogen) atoms. The van der Waals surface area contributed by atoms with Crippen LogP contribution in [0.1, 0.15) is 35.2 Å². The number of alkyl halides is 3. The number of nitrogens with zero attached hydrogens (tertiary/aromatic N) is 2. The van der Waals surface area contributed by atoms with Crippen molar-refractivity contribution in [2.24, 2.45) is 5.16 Å². The quantitative estimate of drug-likeness (QED) is 0.349. The fraction of sp³-hybridized carbons (Fsp3) is 0.300. The molecule has 9 heteroatoms. The van der Waals surface area contributed by atoms with E-state index in [4.69, 9.17) is 14.1 Å². The molecule has 0 saturated heterocycles. The number of hydrogen-bond donors (Lipinski definition) is 0. The van der Waals surface area contributed by atoms with Crippen LogP contribution in [0.3, 0.4) is 0 Å². The molecule has 0 fully saturated rings. The van der Waals surface area contributed by atoms with E-state index in [1.165, 1.54) is 25.0 Å². The summed E-state index contributed by atoms with van der Waals surface area (Å²) in [5, 5.41) is 3.73. The summed E-state index contributed by atoms with van der Waals surface area (Å²) in [4.78, 5) is 16.8. The van der Waals surface area contributed by atoms with E-state index in [0.29, 0.717) is 22.2 Å². The van der Waals surface area contributed by atoms with Gasteiger partial charge in [-0.05, 0) is 49.2 Å². The number of benzene rings is 2. The molecule has 3 rings (SSSR count). The predicted molar refractivity (Wildman–Crippen MR) is 99.8 cm³/mol. The Morgan fingerprint density at radius 1 is 1.21 bits per heavy atom. The van der Waals surface area contributed by atoms with Gasteiger partial charge in [0.1, 0.15) is 12.6 Å². The average molecular weight is 408 g/mol. The van der Waals surface area contributed by atoms with Crippen molar-refractivity contribution in [1.29, 1.82) is 0 Å². The number of esters is 1. The minimum Gasteiger partial charge on any atom is -0.464 e. The first kappa shape index (κ1) is 20.5. The lowest BCUT2D eigenvalue weighted by atomic mass is 10.0. The minimum absolute atomic E-state index is 0.0682. The summed E-state index contributed by atoms with van der Waals surface area (Å²) in [6.07, 6.45) is -4.43. The highest BCUT2D eigenvalue weighted by molar-refractivity contribution is 6.45. The summed E-state index contributed by atoms with van der Waals surface area (Å²) in [6, 6.07) is 8.08. The summed E-state index contributed by atoms with van der Waals surface area (Å²) in [6.45, 7) is 3.54. The molecule has 0 aliphatic heterocycles. The van der Waals surface area contributed by atoms with Crippen LogP contribution in [0.2, 0.25) is 0 Å². The number of halogens is 3. The normalized spacial score (nSPS) is 13.6. The SMILES string of the molecule is CON=C(C(=O)OC)c1cc(C)cc2c1on2C(C)c1cccc(C(F)(F)F)c1. The highest BCUT2D eigenvalue weighted by Crippen LogP contribution is 2.34. The maximum atomic E-state index is 13.0. The minimum atomic E-state index is -4.43. The lowest BCUT2D eigenvalue weighted by Gasteiger charge is -2.23. The van der Waals surface area contributed by atoms with E-state index in [-0.39, 0.29) is 5.71 Å². The van der Waals surface area contributed by atoms with Crippen LogP contribution < -0.4 is 0 Å². The van der Waals surface area contributed by atoms with Crippen LogP contribution in [0, 0.1) is 6.92 Å². The Kier molecular flexibility index (Phi) is 5.41. The second kappa shape index (κ2) is 7.65.